The molecule has 1 saturated heterocycles. The number of carbonyl (C=O) groups excluding carboxylic acids is 1. The first-order valence-corrected chi connectivity index (χ1v) is 9.56. The number of rotatable bonds is 3. The van der Waals surface area contributed by atoms with Crippen LogP contribution in [0.5, 0.6) is 0 Å². The van der Waals surface area contributed by atoms with E-state index in [1.807, 2.05) is 17.8 Å². The Balaban J connectivity index is 2.32. The molecule has 0 N–H and O–H groups in total. The van der Waals surface area contributed by atoms with Crippen LogP contribution in [-0.2, 0) is 9.53 Å². The smallest absolute Gasteiger partial charge is 0.310 e. The monoisotopic (exact) mass is 346 g/mol. The SMILES string of the molecule is C=C[C@H]1OC(=O)[C@@H](C(C)(C)C)C[C@@H](Sc2ccccc2)CC1(C)C. The summed E-state index contributed by atoms with van der Waals surface area (Å²) in [5.41, 5.74) is -0.230. The summed E-state index contributed by atoms with van der Waals surface area (Å²) < 4.78 is 5.83. The molecule has 0 radical (unpaired) electrons. The summed E-state index contributed by atoms with van der Waals surface area (Å²) in [5, 5.41) is 0.377. The van der Waals surface area contributed by atoms with Gasteiger partial charge in [0.05, 0.1) is 5.92 Å². The predicted molar refractivity (Wildman–Crippen MR) is 102 cm³/mol. The zero-order valence-corrected chi connectivity index (χ0v) is 16.4. The molecule has 24 heavy (non-hydrogen) atoms. The minimum absolute atomic E-state index is 0.0844. The van der Waals surface area contributed by atoms with Crippen molar-refractivity contribution in [1.82, 2.24) is 0 Å². The van der Waals surface area contributed by atoms with E-state index in [0.717, 1.165) is 12.8 Å². The van der Waals surface area contributed by atoms with Gasteiger partial charge in [-0.15, -0.1) is 11.8 Å². The van der Waals surface area contributed by atoms with Crippen molar-refractivity contribution >= 4 is 17.7 Å². The number of esters is 1. The maximum absolute atomic E-state index is 12.8. The summed E-state index contributed by atoms with van der Waals surface area (Å²) in [6.45, 7) is 14.6. The minimum Gasteiger partial charge on any atom is -0.457 e. The van der Waals surface area contributed by atoms with Gasteiger partial charge in [0.25, 0.3) is 0 Å². The van der Waals surface area contributed by atoms with E-state index < -0.39 is 0 Å². The van der Waals surface area contributed by atoms with Crippen molar-refractivity contribution in [3.63, 3.8) is 0 Å². The molecule has 0 spiro atoms. The average Bonchev–Trinajstić information content (AvgIpc) is 2.48. The highest BCUT2D eigenvalue weighted by atomic mass is 32.2. The third-order valence-corrected chi connectivity index (χ3v) is 6.09. The zero-order chi connectivity index (χ0) is 18.0. The Morgan fingerprint density at radius 1 is 1.25 bits per heavy atom. The van der Waals surface area contributed by atoms with E-state index in [0.29, 0.717) is 5.25 Å². The molecule has 132 valence electrons. The second kappa shape index (κ2) is 7.35. The summed E-state index contributed by atoms with van der Waals surface area (Å²) in [4.78, 5) is 14.0. The lowest BCUT2D eigenvalue weighted by atomic mass is 9.73. The van der Waals surface area contributed by atoms with Gasteiger partial charge in [0.1, 0.15) is 6.10 Å². The Bertz CT molecular complexity index is 571. The fourth-order valence-corrected chi connectivity index (χ4v) is 4.87. The number of hydrogen-bond acceptors (Lipinski definition) is 3. The highest BCUT2D eigenvalue weighted by Gasteiger charge is 2.43. The summed E-state index contributed by atoms with van der Waals surface area (Å²) in [6, 6.07) is 10.5. The molecule has 0 amide bonds. The Kier molecular flexibility index (Phi) is 5.85. The molecule has 1 aromatic carbocycles. The predicted octanol–water partition coefficient (Wildman–Crippen LogP) is 5.73. The molecule has 0 aliphatic carbocycles. The van der Waals surface area contributed by atoms with Crippen LogP contribution >= 0.6 is 11.8 Å². The van der Waals surface area contributed by atoms with E-state index in [1.165, 1.54) is 4.90 Å². The lowest BCUT2D eigenvalue weighted by Crippen LogP contribution is -2.43. The molecule has 1 fully saturated rings. The van der Waals surface area contributed by atoms with Crippen LogP contribution in [0.3, 0.4) is 0 Å². The molecule has 2 nitrogen and oxygen atoms in total. The molecular formula is C21H30O2S. The van der Waals surface area contributed by atoms with Gasteiger partial charge in [-0.1, -0.05) is 65.5 Å². The lowest BCUT2D eigenvalue weighted by Gasteiger charge is -2.41. The van der Waals surface area contributed by atoms with Crippen molar-refractivity contribution in [3.8, 4) is 0 Å². The van der Waals surface area contributed by atoms with Gasteiger partial charge >= 0.3 is 5.97 Å². The molecule has 3 heteroatoms. The Morgan fingerprint density at radius 2 is 1.88 bits per heavy atom. The maximum Gasteiger partial charge on any atom is 0.310 e. The largest absolute Gasteiger partial charge is 0.457 e. The number of cyclic esters (lactones) is 1. The van der Waals surface area contributed by atoms with E-state index in [-0.39, 0.29) is 28.8 Å². The quantitative estimate of drug-likeness (QED) is 0.516. The van der Waals surface area contributed by atoms with Crippen molar-refractivity contribution in [3.05, 3.63) is 43.0 Å². The molecule has 0 aromatic heterocycles. The minimum atomic E-state index is -0.242. The van der Waals surface area contributed by atoms with E-state index >= 15 is 0 Å². The van der Waals surface area contributed by atoms with Crippen molar-refractivity contribution in [2.45, 2.75) is 63.7 Å². The number of hydrogen-bond donors (Lipinski definition) is 0. The first-order chi connectivity index (χ1) is 11.1. The van der Waals surface area contributed by atoms with Crippen molar-refractivity contribution in [1.29, 1.82) is 0 Å². The first kappa shape index (κ1) is 19.1. The molecule has 2 rings (SSSR count). The highest BCUT2D eigenvalue weighted by molar-refractivity contribution is 8.00. The van der Waals surface area contributed by atoms with Crippen LogP contribution in [0.2, 0.25) is 0 Å². The third-order valence-electron chi connectivity index (χ3n) is 4.86. The van der Waals surface area contributed by atoms with Gasteiger partial charge in [-0.05, 0) is 30.4 Å². The zero-order valence-electron chi connectivity index (χ0n) is 15.5. The average molecular weight is 347 g/mol. The van der Waals surface area contributed by atoms with Gasteiger partial charge in [-0.25, -0.2) is 0 Å². The maximum atomic E-state index is 12.8. The van der Waals surface area contributed by atoms with Gasteiger partial charge in [-0.3, -0.25) is 4.79 Å². The van der Waals surface area contributed by atoms with E-state index in [9.17, 15) is 4.79 Å². The molecule has 1 aromatic rings. The summed E-state index contributed by atoms with van der Waals surface area (Å²) in [5.74, 6) is -0.184. The highest BCUT2D eigenvalue weighted by Crippen LogP contribution is 2.44. The molecule has 1 heterocycles. The Hall–Kier alpha value is -1.22. The van der Waals surface area contributed by atoms with Crippen LogP contribution in [0.4, 0.5) is 0 Å². The topological polar surface area (TPSA) is 26.3 Å². The molecule has 0 saturated carbocycles. The van der Waals surface area contributed by atoms with Crippen molar-refractivity contribution < 1.29 is 9.53 Å². The molecule has 0 bridgehead atoms. The number of carbonyl (C=O) groups is 1. The molecular weight excluding hydrogens is 316 g/mol. The Morgan fingerprint density at radius 3 is 2.42 bits per heavy atom. The van der Waals surface area contributed by atoms with E-state index in [4.69, 9.17) is 4.74 Å². The van der Waals surface area contributed by atoms with Crippen LogP contribution in [-0.4, -0.2) is 17.3 Å². The normalized spacial score (nSPS) is 27.7. The van der Waals surface area contributed by atoms with Crippen LogP contribution in [0, 0.1) is 16.7 Å². The van der Waals surface area contributed by atoms with E-state index in [1.54, 1.807) is 6.08 Å². The van der Waals surface area contributed by atoms with Gasteiger partial charge in [0.15, 0.2) is 0 Å². The summed E-state index contributed by atoms with van der Waals surface area (Å²) in [6.07, 6.45) is 3.37. The lowest BCUT2D eigenvalue weighted by molar-refractivity contribution is -0.163. The summed E-state index contributed by atoms with van der Waals surface area (Å²) in [7, 11) is 0. The van der Waals surface area contributed by atoms with Crippen LogP contribution in [0.25, 0.3) is 0 Å². The fraction of sp³-hybridized carbons (Fsp3) is 0.571. The number of thioether (sulfide) groups is 1. The second-order valence-corrected chi connectivity index (χ2v) is 9.87. The van der Waals surface area contributed by atoms with Crippen molar-refractivity contribution in [2.24, 2.45) is 16.7 Å². The van der Waals surface area contributed by atoms with Crippen LogP contribution < -0.4 is 0 Å². The number of benzene rings is 1. The fourth-order valence-electron chi connectivity index (χ4n) is 3.37. The van der Waals surface area contributed by atoms with Crippen molar-refractivity contribution in [2.75, 3.05) is 0 Å². The van der Waals surface area contributed by atoms with E-state index in [2.05, 4.69) is 65.5 Å². The summed E-state index contributed by atoms with van der Waals surface area (Å²) >= 11 is 1.88. The van der Waals surface area contributed by atoms with Crippen LogP contribution in [0.1, 0.15) is 47.5 Å². The first-order valence-electron chi connectivity index (χ1n) is 8.68. The second-order valence-electron chi connectivity index (χ2n) is 8.49. The molecule has 1 aliphatic rings. The standard InChI is InChI=1S/C21H30O2S/c1-7-18-21(5,6)14-16(24-15-11-9-8-10-12-15)13-17(19(22)23-18)20(2,3)4/h7-12,16-18H,1,13-14H2,2-6H3/t16-,17+,18-/m1/s1. The van der Waals surface area contributed by atoms with Gasteiger partial charge in [0.2, 0.25) is 0 Å². The molecule has 1 aliphatic heterocycles. The third kappa shape index (κ3) is 4.66. The van der Waals surface area contributed by atoms with Gasteiger partial charge in [-0.2, -0.15) is 0 Å². The number of ether oxygens (including phenoxy) is 1. The molecule has 3 atom stereocenters. The Labute approximate surface area is 151 Å². The van der Waals surface area contributed by atoms with Gasteiger partial charge < -0.3 is 4.74 Å². The van der Waals surface area contributed by atoms with Gasteiger partial charge in [0, 0.05) is 15.6 Å². The van der Waals surface area contributed by atoms with Crippen LogP contribution in [0.15, 0.2) is 47.9 Å². The molecule has 0 unspecified atom stereocenters.